The van der Waals surface area contributed by atoms with Crippen molar-refractivity contribution in [2.24, 2.45) is 13.0 Å². The van der Waals surface area contributed by atoms with Crippen LogP contribution < -0.4 is 0 Å². The average molecular weight is 403 g/mol. The lowest BCUT2D eigenvalue weighted by atomic mass is 9.73. The van der Waals surface area contributed by atoms with Crippen LogP contribution in [-0.4, -0.2) is 31.7 Å². The van der Waals surface area contributed by atoms with Gasteiger partial charge in [0, 0.05) is 19.4 Å². The van der Waals surface area contributed by atoms with Crippen molar-refractivity contribution in [3.8, 4) is 0 Å². The molecular weight excluding hydrogens is 368 g/mol. The van der Waals surface area contributed by atoms with Crippen LogP contribution in [0.15, 0.2) is 47.8 Å². The summed E-state index contributed by atoms with van der Waals surface area (Å²) < 4.78 is 1.76. The number of carbonyl (C=O) groups is 2. The van der Waals surface area contributed by atoms with Crippen LogP contribution in [0, 0.1) is 5.92 Å². The minimum Gasteiger partial charge on any atom is -0.481 e. The van der Waals surface area contributed by atoms with Crippen LogP contribution >= 0.6 is 0 Å². The van der Waals surface area contributed by atoms with Gasteiger partial charge in [-0.2, -0.15) is 0 Å². The summed E-state index contributed by atoms with van der Waals surface area (Å²) in [6, 6.07) is 0. The molecule has 6 nitrogen and oxygen atoms in total. The van der Waals surface area contributed by atoms with E-state index in [0.29, 0.717) is 5.82 Å². The first kappa shape index (κ1) is 24.4. The molecule has 6 heteroatoms. The van der Waals surface area contributed by atoms with Crippen molar-refractivity contribution < 1.29 is 19.8 Å². The highest BCUT2D eigenvalue weighted by Gasteiger charge is 2.43. The predicted octanol–water partition coefficient (Wildman–Crippen LogP) is 4.88. The zero-order valence-corrected chi connectivity index (χ0v) is 18.2. The zero-order valence-electron chi connectivity index (χ0n) is 18.2. The van der Waals surface area contributed by atoms with Crippen LogP contribution in [0.1, 0.15) is 65.6 Å². The van der Waals surface area contributed by atoms with Crippen LogP contribution in [0.5, 0.6) is 0 Å². The number of hydrogen-bond acceptors (Lipinski definition) is 3. The van der Waals surface area contributed by atoms with Gasteiger partial charge in [-0.15, -0.1) is 0 Å². The molecule has 0 radical (unpaired) electrons. The van der Waals surface area contributed by atoms with Gasteiger partial charge in [0.25, 0.3) is 0 Å². The molecule has 1 aromatic rings. The van der Waals surface area contributed by atoms with Gasteiger partial charge in [-0.3, -0.25) is 9.59 Å². The number of allylic oxidation sites excluding steroid dienone is 6. The number of aliphatic carboxylic acids is 2. The van der Waals surface area contributed by atoms with Crippen LogP contribution in [0.3, 0.4) is 0 Å². The molecular formula is C23H34N2O4. The van der Waals surface area contributed by atoms with Crippen molar-refractivity contribution in [3.05, 3.63) is 53.7 Å². The maximum absolute atomic E-state index is 12.0. The van der Waals surface area contributed by atoms with E-state index in [0.717, 1.165) is 31.3 Å². The van der Waals surface area contributed by atoms with Gasteiger partial charge in [0.1, 0.15) is 5.82 Å². The van der Waals surface area contributed by atoms with Crippen LogP contribution in [-0.2, 0) is 22.1 Å². The molecule has 0 saturated carbocycles. The highest BCUT2D eigenvalue weighted by Crippen LogP contribution is 2.36. The van der Waals surface area contributed by atoms with Crippen molar-refractivity contribution in [2.75, 3.05) is 0 Å². The van der Waals surface area contributed by atoms with Crippen molar-refractivity contribution in [3.63, 3.8) is 0 Å². The lowest BCUT2D eigenvalue weighted by molar-refractivity contribution is -0.150. The Kier molecular flexibility index (Phi) is 9.59. The first-order chi connectivity index (χ1) is 13.6. The standard InChI is InChI=1S/C23H34N2O4/c1-6-7-8-10-17(2)11-9-12-18(3)16-23(4,22-24-13-14-25(22)5)19(21(28)29)15-20(26)27/h6-7,11,13-14,16,19H,8-10,12,15H2,1-5H3,(H,26,27)(H,28,29)/b7-6+,17-11+,18-16+. The number of carboxylic acids is 2. The highest BCUT2D eigenvalue weighted by atomic mass is 16.4. The van der Waals surface area contributed by atoms with E-state index in [1.54, 1.807) is 30.9 Å². The van der Waals surface area contributed by atoms with Crippen LogP contribution in [0.25, 0.3) is 0 Å². The van der Waals surface area contributed by atoms with Gasteiger partial charge in [0.2, 0.25) is 0 Å². The van der Waals surface area contributed by atoms with Gasteiger partial charge >= 0.3 is 11.9 Å². The second-order valence-electron chi connectivity index (χ2n) is 7.82. The van der Waals surface area contributed by atoms with E-state index >= 15 is 0 Å². The van der Waals surface area contributed by atoms with Crippen LogP contribution in [0.4, 0.5) is 0 Å². The molecule has 1 heterocycles. The van der Waals surface area contributed by atoms with E-state index < -0.39 is 29.7 Å². The molecule has 29 heavy (non-hydrogen) atoms. The monoisotopic (exact) mass is 402 g/mol. The highest BCUT2D eigenvalue weighted by molar-refractivity contribution is 5.79. The Morgan fingerprint density at radius 2 is 1.86 bits per heavy atom. The number of nitrogens with zero attached hydrogens (tertiary/aromatic N) is 2. The van der Waals surface area contributed by atoms with Gasteiger partial charge in [-0.1, -0.05) is 35.5 Å². The van der Waals surface area contributed by atoms with Crippen molar-refractivity contribution in [1.82, 2.24) is 9.55 Å². The summed E-state index contributed by atoms with van der Waals surface area (Å²) in [5.41, 5.74) is 1.32. The van der Waals surface area contributed by atoms with Gasteiger partial charge in [-0.05, 0) is 53.4 Å². The lowest BCUT2D eigenvalue weighted by Crippen LogP contribution is -2.39. The largest absolute Gasteiger partial charge is 0.481 e. The molecule has 160 valence electrons. The van der Waals surface area contributed by atoms with E-state index in [-0.39, 0.29) is 0 Å². The number of imidazole rings is 1. The Morgan fingerprint density at radius 3 is 2.38 bits per heavy atom. The maximum atomic E-state index is 12.0. The molecule has 2 atom stereocenters. The van der Waals surface area contributed by atoms with Crippen molar-refractivity contribution >= 4 is 11.9 Å². The lowest BCUT2D eigenvalue weighted by Gasteiger charge is -2.32. The number of aryl methyl sites for hydroxylation is 1. The summed E-state index contributed by atoms with van der Waals surface area (Å²) in [7, 11) is 1.79. The van der Waals surface area contributed by atoms with E-state index in [4.69, 9.17) is 0 Å². The quantitative estimate of drug-likeness (QED) is 0.486. The first-order valence-corrected chi connectivity index (χ1v) is 9.99. The summed E-state index contributed by atoms with van der Waals surface area (Å²) in [6.07, 6.45) is 14.9. The van der Waals surface area contributed by atoms with E-state index in [2.05, 4.69) is 30.1 Å². The van der Waals surface area contributed by atoms with E-state index in [1.807, 2.05) is 19.9 Å². The fourth-order valence-corrected chi connectivity index (χ4v) is 3.65. The third kappa shape index (κ3) is 7.37. The van der Waals surface area contributed by atoms with Gasteiger partial charge in [-0.25, -0.2) is 4.98 Å². The number of aromatic nitrogens is 2. The van der Waals surface area contributed by atoms with E-state index in [9.17, 15) is 19.8 Å². The molecule has 0 aliphatic heterocycles. The molecule has 0 saturated heterocycles. The third-order valence-electron chi connectivity index (χ3n) is 5.22. The molecule has 2 N–H and O–H groups in total. The summed E-state index contributed by atoms with van der Waals surface area (Å²) in [5, 5.41) is 19.0. The van der Waals surface area contributed by atoms with Gasteiger partial charge in [0.05, 0.1) is 17.8 Å². The minimum atomic E-state index is -1.14. The molecule has 1 rings (SSSR count). The smallest absolute Gasteiger partial charge is 0.308 e. The number of carboxylic acid groups (broad SMARTS) is 2. The molecule has 0 amide bonds. The molecule has 1 aromatic heterocycles. The predicted molar refractivity (Wildman–Crippen MR) is 115 cm³/mol. The zero-order chi connectivity index (χ0) is 22.0. The topological polar surface area (TPSA) is 92.4 Å². The second-order valence-corrected chi connectivity index (χ2v) is 7.82. The summed E-state index contributed by atoms with van der Waals surface area (Å²) in [5.74, 6) is -2.84. The molecule has 0 fully saturated rings. The third-order valence-corrected chi connectivity index (χ3v) is 5.22. The first-order valence-electron chi connectivity index (χ1n) is 9.99. The Bertz CT molecular complexity index is 789. The molecule has 0 aliphatic rings. The fraction of sp³-hybridized carbons (Fsp3) is 0.522. The summed E-state index contributed by atoms with van der Waals surface area (Å²) in [6.45, 7) is 7.86. The Hall–Kier alpha value is -2.63. The molecule has 0 spiro atoms. The molecule has 2 unspecified atom stereocenters. The van der Waals surface area contributed by atoms with Crippen molar-refractivity contribution in [1.29, 1.82) is 0 Å². The molecule has 0 bridgehead atoms. The number of hydrogen-bond donors (Lipinski definition) is 2. The molecule has 0 aliphatic carbocycles. The van der Waals surface area contributed by atoms with Gasteiger partial charge < -0.3 is 14.8 Å². The second kappa shape index (κ2) is 11.4. The maximum Gasteiger partial charge on any atom is 0.308 e. The van der Waals surface area contributed by atoms with Gasteiger partial charge in [0.15, 0.2) is 0 Å². The SMILES string of the molecule is C/C=C/CC/C(C)=C/CC/C(C)=C/C(C)(c1nccn1C)C(CC(=O)O)C(=O)O. The fourth-order valence-electron chi connectivity index (χ4n) is 3.65. The van der Waals surface area contributed by atoms with Crippen LogP contribution in [0.2, 0.25) is 0 Å². The Labute approximate surface area is 173 Å². The van der Waals surface area contributed by atoms with E-state index in [1.165, 1.54) is 5.57 Å². The minimum absolute atomic E-state index is 0.466. The Morgan fingerprint density at radius 1 is 1.21 bits per heavy atom. The normalized spacial score (nSPS) is 16.0. The Balaban J connectivity index is 3.10. The summed E-state index contributed by atoms with van der Waals surface area (Å²) >= 11 is 0. The van der Waals surface area contributed by atoms with Crippen molar-refractivity contribution in [2.45, 2.75) is 65.2 Å². The average Bonchev–Trinajstić information content (AvgIpc) is 3.06. The molecule has 0 aromatic carbocycles. The number of rotatable bonds is 12. The summed E-state index contributed by atoms with van der Waals surface area (Å²) in [4.78, 5) is 27.6.